The molecule has 4 rings (SSSR count). The van der Waals surface area contributed by atoms with Gasteiger partial charge in [-0.2, -0.15) is 0 Å². The summed E-state index contributed by atoms with van der Waals surface area (Å²) in [4.78, 5) is 32.5. The summed E-state index contributed by atoms with van der Waals surface area (Å²) in [5.41, 5.74) is 0.967. The lowest BCUT2D eigenvalue weighted by atomic mass is 10.2. The van der Waals surface area contributed by atoms with Crippen molar-refractivity contribution >= 4 is 33.4 Å². The molecule has 2 aromatic rings. The minimum Gasteiger partial charge on any atom is -0.364 e. The molecule has 1 aromatic heterocycles. The van der Waals surface area contributed by atoms with E-state index in [1.54, 1.807) is 16.2 Å². The Bertz CT molecular complexity index is 746. The first-order chi connectivity index (χ1) is 12.2. The van der Waals surface area contributed by atoms with Gasteiger partial charge in [-0.3, -0.25) is 9.59 Å². The number of hydrogen-bond acceptors (Lipinski definition) is 5. The predicted octanol–water partition coefficient (Wildman–Crippen LogP) is 1.89. The molecule has 1 aromatic carbocycles. The molecule has 7 heteroatoms. The number of carbonyl (C=O) groups excluding carboxylic acids is 2. The van der Waals surface area contributed by atoms with E-state index in [0.29, 0.717) is 32.8 Å². The van der Waals surface area contributed by atoms with E-state index in [1.165, 1.54) is 0 Å². The van der Waals surface area contributed by atoms with Crippen LogP contribution in [0.15, 0.2) is 24.3 Å². The number of amides is 2. The minimum atomic E-state index is -0.0142. The third-order valence-corrected chi connectivity index (χ3v) is 5.67. The van der Waals surface area contributed by atoms with Gasteiger partial charge in [0.25, 0.3) is 0 Å². The van der Waals surface area contributed by atoms with Crippen LogP contribution in [0.3, 0.4) is 0 Å². The molecule has 1 aliphatic heterocycles. The van der Waals surface area contributed by atoms with Crippen molar-refractivity contribution in [2.75, 3.05) is 32.8 Å². The van der Waals surface area contributed by atoms with Crippen LogP contribution in [-0.4, -0.2) is 59.4 Å². The number of fused-ring (bicyclic) bond motifs is 1. The molecular weight excluding hydrogens is 338 g/mol. The molecule has 2 heterocycles. The highest BCUT2D eigenvalue weighted by molar-refractivity contribution is 7.18. The summed E-state index contributed by atoms with van der Waals surface area (Å²) >= 11 is 1.59. The summed E-state index contributed by atoms with van der Waals surface area (Å²) in [5.74, 6) is 0.498. The first-order valence-corrected chi connectivity index (χ1v) is 9.51. The van der Waals surface area contributed by atoms with Crippen LogP contribution in [0.1, 0.15) is 17.8 Å². The highest BCUT2D eigenvalue weighted by Gasteiger charge is 2.35. The van der Waals surface area contributed by atoms with Crippen molar-refractivity contribution in [3.05, 3.63) is 29.3 Å². The van der Waals surface area contributed by atoms with Crippen molar-refractivity contribution in [3.63, 3.8) is 0 Å². The van der Waals surface area contributed by atoms with Crippen molar-refractivity contribution in [2.24, 2.45) is 5.92 Å². The molecule has 1 saturated heterocycles. The SMILES string of the molecule is O=C(COCc1nc2ccccc2s1)N1CCN(C(=O)C2CC2)CC1. The lowest BCUT2D eigenvalue weighted by molar-refractivity contribution is -0.143. The van der Waals surface area contributed by atoms with Gasteiger partial charge in [0.2, 0.25) is 11.8 Å². The lowest BCUT2D eigenvalue weighted by Crippen LogP contribution is -2.51. The Hall–Kier alpha value is -1.99. The Morgan fingerprint density at radius 3 is 2.56 bits per heavy atom. The van der Waals surface area contributed by atoms with Gasteiger partial charge in [-0.25, -0.2) is 4.98 Å². The van der Waals surface area contributed by atoms with E-state index in [4.69, 9.17) is 4.74 Å². The van der Waals surface area contributed by atoms with Gasteiger partial charge in [-0.15, -0.1) is 11.3 Å². The average Bonchev–Trinajstić information content (AvgIpc) is 3.41. The van der Waals surface area contributed by atoms with Gasteiger partial charge in [-0.05, 0) is 25.0 Å². The number of nitrogens with zero attached hydrogens (tertiary/aromatic N) is 3. The Labute approximate surface area is 150 Å². The third-order valence-electron chi connectivity index (χ3n) is 4.66. The lowest BCUT2D eigenvalue weighted by Gasteiger charge is -2.34. The summed E-state index contributed by atoms with van der Waals surface area (Å²) in [6.45, 7) is 2.89. The summed E-state index contributed by atoms with van der Waals surface area (Å²) < 4.78 is 6.69. The summed E-state index contributed by atoms with van der Waals surface area (Å²) in [5, 5.41) is 0.883. The zero-order chi connectivity index (χ0) is 17.2. The van der Waals surface area contributed by atoms with E-state index >= 15 is 0 Å². The second kappa shape index (κ2) is 7.09. The Kier molecular flexibility index (Phi) is 4.67. The fourth-order valence-electron chi connectivity index (χ4n) is 3.06. The number of rotatable bonds is 5. The van der Waals surface area contributed by atoms with Crippen LogP contribution in [0.5, 0.6) is 0 Å². The minimum absolute atomic E-state index is 0.0142. The van der Waals surface area contributed by atoms with E-state index < -0.39 is 0 Å². The van der Waals surface area contributed by atoms with Crippen LogP contribution >= 0.6 is 11.3 Å². The maximum atomic E-state index is 12.3. The van der Waals surface area contributed by atoms with Crippen LogP contribution in [-0.2, 0) is 20.9 Å². The highest BCUT2D eigenvalue weighted by Crippen LogP contribution is 2.31. The summed E-state index contributed by atoms with van der Waals surface area (Å²) in [6.07, 6.45) is 2.05. The Morgan fingerprint density at radius 1 is 1.12 bits per heavy atom. The van der Waals surface area contributed by atoms with Crippen molar-refractivity contribution in [1.29, 1.82) is 0 Å². The molecule has 2 aliphatic rings. The van der Waals surface area contributed by atoms with Gasteiger partial charge in [0, 0.05) is 32.1 Å². The zero-order valence-electron chi connectivity index (χ0n) is 14.0. The standard InChI is InChI=1S/C18H21N3O3S/c22-17(20-7-9-21(10-8-20)18(23)13-5-6-13)12-24-11-16-19-14-3-1-2-4-15(14)25-16/h1-4,13H,5-12H2. The molecule has 0 radical (unpaired) electrons. The fraction of sp³-hybridized carbons (Fsp3) is 0.500. The molecule has 25 heavy (non-hydrogen) atoms. The summed E-state index contributed by atoms with van der Waals surface area (Å²) in [6, 6.07) is 7.96. The van der Waals surface area contributed by atoms with Crippen molar-refractivity contribution < 1.29 is 14.3 Å². The molecule has 0 spiro atoms. The Morgan fingerprint density at radius 2 is 1.84 bits per heavy atom. The van der Waals surface area contributed by atoms with Crippen LogP contribution in [0.2, 0.25) is 0 Å². The maximum absolute atomic E-state index is 12.3. The smallest absolute Gasteiger partial charge is 0.248 e. The molecular formula is C18H21N3O3S. The van der Waals surface area contributed by atoms with Crippen LogP contribution in [0, 0.1) is 5.92 Å². The van der Waals surface area contributed by atoms with Gasteiger partial charge in [0.05, 0.1) is 16.8 Å². The molecule has 1 aliphatic carbocycles. The molecule has 0 unspecified atom stereocenters. The largest absolute Gasteiger partial charge is 0.364 e. The molecule has 0 bridgehead atoms. The van der Waals surface area contributed by atoms with Gasteiger partial charge in [0.15, 0.2) is 0 Å². The molecule has 0 N–H and O–H groups in total. The van der Waals surface area contributed by atoms with Crippen molar-refractivity contribution in [3.8, 4) is 0 Å². The number of carbonyl (C=O) groups is 2. The molecule has 132 valence electrons. The monoisotopic (exact) mass is 359 g/mol. The predicted molar refractivity (Wildman–Crippen MR) is 95.2 cm³/mol. The van der Waals surface area contributed by atoms with Crippen molar-refractivity contribution in [2.45, 2.75) is 19.4 Å². The quantitative estimate of drug-likeness (QED) is 0.818. The second-order valence-corrected chi connectivity index (χ2v) is 7.66. The number of benzene rings is 1. The van der Waals surface area contributed by atoms with Gasteiger partial charge in [0.1, 0.15) is 11.6 Å². The van der Waals surface area contributed by atoms with E-state index in [2.05, 4.69) is 4.98 Å². The van der Waals surface area contributed by atoms with E-state index in [-0.39, 0.29) is 24.3 Å². The first kappa shape index (κ1) is 16.5. The number of para-hydroxylation sites is 1. The molecule has 1 saturated carbocycles. The van der Waals surface area contributed by atoms with Gasteiger partial charge >= 0.3 is 0 Å². The van der Waals surface area contributed by atoms with Crippen molar-refractivity contribution in [1.82, 2.24) is 14.8 Å². The molecule has 2 fully saturated rings. The number of aromatic nitrogens is 1. The maximum Gasteiger partial charge on any atom is 0.248 e. The normalized spacial score (nSPS) is 17.9. The van der Waals surface area contributed by atoms with E-state index in [1.807, 2.05) is 29.2 Å². The summed E-state index contributed by atoms with van der Waals surface area (Å²) in [7, 11) is 0. The molecule has 0 atom stereocenters. The van der Waals surface area contributed by atoms with Crippen LogP contribution in [0.4, 0.5) is 0 Å². The topological polar surface area (TPSA) is 62.7 Å². The van der Waals surface area contributed by atoms with Gasteiger partial charge in [-0.1, -0.05) is 12.1 Å². The van der Waals surface area contributed by atoms with E-state index in [9.17, 15) is 9.59 Å². The van der Waals surface area contributed by atoms with E-state index in [0.717, 1.165) is 28.1 Å². The number of ether oxygens (including phenoxy) is 1. The zero-order valence-corrected chi connectivity index (χ0v) is 14.8. The molecule has 6 nitrogen and oxygen atoms in total. The Balaban J connectivity index is 1.22. The van der Waals surface area contributed by atoms with Crippen LogP contribution in [0.25, 0.3) is 10.2 Å². The molecule has 2 amide bonds. The highest BCUT2D eigenvalue weighted by atomic mass is 32.1. The number of thiazole rings is 1. The average molecular weight is 359 g/mol. The number of hydrogen-bond donors (Lipinski definition) is 0. The number of piperazine rings is 1. The third kappa shape index (κ3) is 3.82. The van der Waals surface area contributed by atoms with Crippen LogP contribution < -0.4 is 0 Å². The first-order valence-electron chi connectivity index (χ1n) is 8.69. The van der Waals surface area contributed by atoms with Gasteiger partial charge < -0.3 is 14.5 Å². The second-order valence-electron chi connectivity index (χ2n) is 6.55. The fourth-order valence-corrected chi connectivity index (χ4v) is 3.97.